The Kier molecular flexibility index (Phi) is 4.50. The Morgan fingerprint density at radius 3 is 2.57 bits per heavy atom. The minimum atomic E-state index is -0.547. The first-order chi connectivity index (χ1) is 10.0. The molecule has 8 nitrogen and oxygen atoms in total. The molecule has 0 fully saturated rings. The largest absolute Gasteiger partial charge is 0.482 e. The Labute approximate surface area is 121 Å². The zero-order valence-corrected chi connectivity index (χ0v) is 11.4. The Morgan fingerprint density at radius 2 is 1.90 bits per heavy atom. The van der Waals surface area contributed by atoms with Gasteiger partial charge in [0.25, 0.3) is 0 Å². The van der Waals surface area contributed by atoms with Crippen LogP contribution in [0, 0.1) is 6.92 Å². The molecule has 0 atom stereocenters. The second kappa shape index (κ2) is 6.51. The first kappa shape index (κ1) is 14.5. The van der Waals surface area contributed by atoms with E-state index in [1.807, 2.05) is 25.1 Å². The zero-order valence-electron chi connectivity index (χ0n) is 11.4. The molecule has 1 aromatic carbocycles. The van der Waals surface area contributed by atoms with Crippen molar-refractivity contribution >= 4 is 17.9 Å². The van der Waals surface area contributed by atoms with Crippen molar-refractivity contribution in [3.8, 4) is 5.75 Å². The summed E-state index contributed by atoms with van der Waals surface area (Å²) in [6, 6.07) is 7.35. The highest BCUT2D eigenvalue weighted by Crippen LogP contribution is 2.12. The van der Waals surface area contributed by atoms with Gasteiger partial charge in [0.05, 0.1) is 0 Å². The lowest BCUT2D eigenvalue weighted by atomic mass is 10.2. The van der Waals surface area contributed by atoms with E-state index in [4.69, 9.17) is 20.9 Å². The smallest absolute Gasteiger partial charge is 0.344 e. The zero-order chi connectivity index (χ0) is 15.2. The Morgan fingerprint density at radius 1 is 1.19 bits per heavy atom. The lowest BCUT2D eigenvalue weighted by Crippen LogP contribution is -2.16. The number of carbonyl (C=O) groups is 1. The molecule has 8 heteroatoms. The van der Waals surface area contributed by atoms with Crippen LogP contribution in [-0.4, -0.2) is 27.5 Å². The summed E-state index contributed by atoms with van der Waals surface area (Å²) >= 11 is 0. The second-order valence-corrected chi connectivity index (χ2v) is 4.23. The van der Waals surface area contributed by atoms with Gasteiger partial charge in [0.1, 0.15) is 5.75 Å². The number of benzene rings is 1. The molecule has 2 aromatic rings. The predicted molar refractivity (Wildman–Crippen MR) is 75.1 cm³/mol. The number of nitrogen functional groups attached to an aromatic ring is 2. The SMILES string of the molecule is Cc1cccc(OCC(=O)OCc2nc(N)nc(N)n2)c1. The molecule has 21 heavy (non-hydrogen) atoms. The summed E-state index contributed by atoms with van der Waals surface area (Å²) < 4.78 is 10.3. The lowest BCUT2D eigenvalue weighted by molar-refractivity contribution is -0.147. The Bertz CT molecular complexity index is 627. The van der Waals surface area contributed by atoms with Crippen molar-refractivity contribution in [1.82, 2.24) is 15.0 Å². The van der Waals surface area contributed by atoms with E-state index in [1.54, 1.807) is 6.07 Å². The van der Waals surface area contributed by atoms with Gasteiger partial charge in [0.15, 0.2) is 19.0 Å². The van der Waals surface area contributed by atoms with Gasteiger partial charge in [-0.1, -0.05) is 12.1 Å². The van der Waals surface area contributed by atoms with Crippen LogP contribution in [-0.2, 0) is 16.1 Å². The monoisotopic (exact) mass is 289 g/mol. The molecule has 0 aliphatic carbocycles. The molecule has 1 aromatic heterocycles. The van der Waals surface area contributed by atoms with E-state index in [0.717, 1.165) is 5.56 Å². The van der Waals surface area contributed by atoms with Crippen LogP contribution in [0.25, 0.3) is 0 Å². The van der Waals surface area contributed by atoms with Crippen molar-refractivity contribution in [2.24, 2.45) is 0 Å². The predicted octanol–water partition coefficient (Wildman–Crippen LogP) is 0.467. The minimum Gasteiger partial charge on any atom is -0.482 e. The van der Waals surface area contributed by atoms with Crippen LogP contribution in [0.5, 0.6) is 5.75 Å². The van der Waals surface area contributed by atoms with Crippen LogP contribution < -0.4 is 16.2 Å². The van der Waals surface area contributed by atoms with Crippen molar-refractivity contribution in [3.05, 3.63) is 35.7 Å². The van der Waals surface area contributed by atoms with Gasteiger partial charge in [-0.25, -0.2) is 4.79 Å². The molecule has 0 amide bonds. The summed E-state index contributed by atoms with van der Waals surface area (Å²) in [4.78, 5) is 22.8. The van der Waals surface area contributed by atoms with Gasteiger partial charge < -0.3 is 20.9 Å². The summed E-state index contributed by atoms with van der Waals surface area (Å²) in [7, 11) is 0. The number of anilines is 2. The summed E-state index contributed by atoms with van der Waals surface area (Å²) in [5.74, 6) is 0.188. The average Bonchev–Trinajstić information content (AvgIpc) is 2.42. The first-order valence-electron chi connectivity index (χ1n) is 6.14. The fraction of sp³-hybridized carbons (Fsp3) is 0.231. The molecular weight excluding hydrogens is 274 g/mol. The molecule has 4 N–H and O–H groups in total. The van der Waals surface area contributed by atoms with Gasteiger partial charge in [0.2, 0.25) is 11.9 Å². The fourth-order valence-electron chi connectivity index (χ4n) is 1.56. The number of hydrogen-bond acceptors (Lipinski definition) is 8. The number of esters is 1. The molecular formula is C13H15N5O3. The summed E-state index contributed by atoms with van der Waals surface area (Å²) in [6.07, 6.45) is 0. The summed E-state index contributed by atoms with van der Waals surface area (Å²) in [5.41, 5.74) is 11.9. The quantitative estimate of drug-likeness (QED) is 0.760. The van der Waals surface area contributed by atoms with Crippen LogP contribution in [0.1, 0.15) is 11.4 Å². The van der Waals surface area contributed by atoms with E-state index in [0.29, 0.717) is 5.75 Å². The van der Waals surface area contributed by atoms with Gasteiger partial charge in [-0.3, -0.25) is 0 Å². The van der Waals surface area contributed by atoms with E-state index in [1.165, 1.54) is 0 Å². The van der Waals surface area contributed by atoms with E-state index in [9.17, 15) is 4.79 Å². The standard InChI is InChI=1S/C13H15N5O3/c1-8-3-2-4-9(5-8)20-7-11(19)21-6-10-16-12(14)18-13(15)17-10/h2-5H,6-7H2,1H3,(H4,14,15,16,17,18). The number of ether oxygens (including phenoxy) is 2. The second-order valence-electron chi connectivity index (χ2n) is 4.23. The number of rotatable bonds is 5. The number of aromatic nitrogens is 3. The third kappa shape index (κ3) is 4.60. The lowest BCUT2D eigenvalue weighted by Gasteiger charge is -2.07. The Hall–Kier alpha value is -2.90. The van der Waals surface area contributed by atoms with E-state index >= 15 is 0 Å². The number of nitrogens with zero attached hydrogens (tertiary/aromatic N) is 3. The van der Waals surface area contributed by atoms with Crippen molar-refractivity contribution in [2.75, 3.05) is 18.1 Å². The maximum absolute atomic E-state index is 11.6. The number of aryl methyl sites for hydroxylation is 1. The highest BCUT2D eigenvalue weighted by atomic mass is 16.6. The highest BCUT2D eigenvalue weighted by molar-refractivity contribution is 5.71. The molecule has 110 valence electrons. The molecule has 0 aliphatic rings. The molecule has 0 aliphatic heterocycles. The van der Waals surface area contributed by atoms with Crippen molar-refractivity contribution in [2.45, 2.75) is 13.5 Å². The Balaban J connectivity index is 1.82. The molecule has 0 saturated heterocycles. The van der Waals surface area contributed by atoms with Crippen LogP contribution in [0.3, 0.4) is 0 Å². The van der Waals surface area contributed by atoms with Gasteiger partial charge in [-0.05, 0) is 24.6 Å². The summed E-state index contributed by atoms with van der Waals surface area (Å²) in [6.45, 7) is 1.58. The van der Waals surface area contributed by atoms with Gasteiger partial charge in [-0.15, -0.1) is 0 Å². The number of hydrogen-bond donors (Lipinski definition) is 2. The average molecular weight is 289 g/mol. The normalized spacial score (nSPS) is 10.1. The number of nitrogens with two attached hydrogens (primary N) is 2. The van der Waals surface area contributed by atoms with Crippen molar-refractivity contribution in [3.63, 3.8) is 0 Å². The minimum absolute atomic E-state index is 0.0236. The molecule has 0 bridgehead atoms. The van der Waals surface area contributed by atoms with Crippen LogP contribution in [0.2, 0.25) is 0 Å². The van der Waals surface area contributed by atoms with E-state index < -0.39 is 5.97 Å². The van der Waals surface area contributed by atoms with Gasteiger partial charge in [0, 0.05) is 0 Å². The van der Waals surface area contributed by atoms with Crippen molar-refractivity contribution < 1.29 is 14.3 Å². The third-order valence-electron chi connectivity index (χ3n) is 2.42. The van der Waals surface area contributed by atoms with E-state index in [2.05, 4.69) is 15.0 Å². The maximum Gasteiger partial charge on any atom is 0.344 e. The number of carbonyl (C=O) groups excluding carboxylic acids is 1. The topological polar surface area (TPSA) is 126 Å². The fourth-order valence-corrected chi connectivity index (χ4v) is 1.56. The van der Waals surface area contributed by atoms with Crippen molar-refractivity contribution in [1.29, 1.82) is 0 Å². The molecule has 0 unspecified atom stereocenters. The van der Waals surface area contributed by atoms with Gasteiger partial charge >= 0.3 is 5.97 Å². The molecule has 1 heterocycles. The molecule has 2 rings (SSSR count). The third-order valence-corrected chi connectivity index (χ3v) is 2.42. The van der Waals surface area contributed by atoms with Crippen LogP contribution >= 0.6 is 0 Å². The highest BCUT2D eigenvalue weighted by Gasteiger charge is 2.08. The van der Waals surface area contributed by atoms with Crippen LogP contribution in [0.15, 0.2) is 24.3 Å². The van der Waals surface area contributed by atoms with Crippen LogP contribution in [0.4, 0.5) is 11.9 Å². The molecule has 0 radical (unpaired) electrons. The van der Waals surface area contributed by atoms with Gasteiger partial charge in [-0.2, -0.15) is 15.0 Å². The summed E-state index contributed by atoms with van der Waals surface area (Å²) in [5, 5.41) is 0. The first-order valence-corrected chi connectivity index (χ1v) is 6.14. The molecule has 0 saturated carbocycles. The molecule has 0 spiro atoms. The maximum atomic E-state index is 11.6. The van der Waals surface area contributed by atoms with E-state index in [-0.39, 0.29) is 30.9 Å².